The molecule has 2 rings (SSSR count). The molecule has 0 radical (unpaired) electrons. The predicted molar refractivity (Wildman–Crippen MR) is 77.8 cm³/mol. The summed E-state index contributed by atoms with van der Waals surface area (Å²) >= 11 is 7.51. The summed E-state index contributed by atoms with van der Waals surface area (Å²) in [5.41, 5.74) is 0. The maximum absolute atomic E-state index is 5.82. The number of ether oxygens (including phenoxy) is 1. The first-order chi connectivity index (χ1) is 9.06. The van der Waals surface area contributed by atoms with Gasteiger partial charge in [0.05, 0.1) is 0 Å². The fourth-order valence-corrected chi connectivity index (χ4v) is 2.36. The average molecular weight is 298 g/mol. The molecule has 0 aliphatic rings. The van der Waals surface area contributed by atoms with Crippen molar-refractivity contribution in [3.05, 3.63) is 35.1 Å². The lowest BCUT2D eigenvalue weighted by Crippen LogP contribution is -2.04. The van der Waals surface area contributed by atoms with Crippen LogP contribution in [0.2, 0.25) is 5.02 Å². The third kappa shape index (κ3) is 3.88. The summed E-state index contributed by atoms with van der Waals surface area (Å²) in [4.78, 5) is 0. The second kappa shape index (κ2) is 6.30. The molecule has 1 aromatic carbocycles. The summed E-state index contributed by atoms with van der Waals surface area (Å²) in [6, 6.07) is 7.27. The van der Waals surface area contributed by atoms with Crippen LogP contribution in [0.5, 0.6) is 5.75 Å². The van der Waals surface area contributed by atoms with Gasteiger partial charge in [0.15, 0.2) is 11.0 Å². The van der Waals surface area contributed by atoms with E-state index in [4.69, 9.17) is 16.3 Å². The SMILES string of the molecule is CC(C)Sc1nnc(COc2ccc(Cl)cc2)n1C. The largest absolute Gasteiger partial charge is 0.486 e. The molecule has 1 aromatic heterocycles. The van der Waals surface area contributed by atoms with Crippen LogP contribution < -0.4 is 4.74 Å². The minimum Gasteiger partial charge on any atom is -0.486 e. The summed E-state index contributed by atoms with van der Waals surface area (Å²) in [6.07, 6.45) is 0. The van der Waals surface area contributed by atoms with Crippen molar-refractivity contribution in [3.8, 4) is 5.75 Å². The van der Waals surface area contributed by atoms with Gasteiger partial charge in [-0.15, -0.1) is 10.2 Å². The number of aromatic nitrogens is 3. The van der Waals surface area contributed by atoms with Crippen molar-refractivity contribution in [2.75, 3.05) is 0 Å². The highest BCUT2D eigenvalue weighted by atomic mass is 35.5. The standard InChI is InChI=1S/C13H16ClN3OS/c1-9(2)19-13-16-15-12(17(13)3)8-18-11-6-4-10(14)5-7-11/h4-7,9H,8H2,1-3H3. The normalized spacial score (nSPS) is 11.0. The molecule has 0 atom stereocenters. The number of thioether (sulfide) groups is 1. The Morgan fingerprint density at radius 1 is 1.26 bits per heavy atom. The Morgan fingerprint density at radius 2 is 1.95 bits per heavy atom. The van der Waals surface area contributed by atoms with Crippen molar-refractivity contribution >= 4 is 23.4 Å². The second-order valence-corrected chi connectivity index (χ2v) is 6.35. The molecule has 0 aliphatic carbocycles. The molecular formula is C13H16ClN3OS. The first-order valence-electron chi connectivity index (χ1n) is 5.99. The van der Waals surface area contributed by atoms with Crippen molar-refractivity contribution in [2.45, 2.75) is 30.9 Å². The maximum Gasteiger partial charge on any atom is 0.191 e. The number of nitrogens with zero attached hydrogens (tertiary/aromatic N) is 3. The molecule has 0 spiro atoms. The molecule has 1 heterocycles. The van der Waals surface area contributed by atoms with E-state index in [0.29, 0.717) is 16.9 Å². The summed E-state index contributed by atoms with van der Waals surface area (Å²) in [7, 11) is 1.95. The molecule has 6 heteroatoms. The average Bonchev–Trinajstić information content (AvgIpc) is 2.70. The molecule has 0 amide bonds. The molecule has 0 bridgehead atoms. The Hall–Kier alpha value is -1.20. The molecule has 4 nitrogen and oxygen atoms in total. The Labute approximate surface area is 122 Å². The van der Waals surface area contributed by atoms with E-state index in [1.807, 2.05) is 23.7 Å². The molecular weight excluding hydrogens is 282 g/mol. The van der Waals surface area contributed by atoms with Crippen LogP contribution in [0, 0.1) is 0 Å². The fourth-order valence-electron chi connectivity index (χ4n) is 1.46. The van der Waals surface area contributed by atoms with Crippen molar-refractivity contribution in [1.82, 2.24) is 14.8 Å². The van der Waals surface area contributed by atoms with E-state index in [9.17, 15) is 0 Å². The molecule has 19 heavy (non-hydrogen) atoms. The lowest BCUT2D eigenvalue weighted by molar-refractivity contribution is 0.290. The van der Waals surface area contributed by atoms with Crippen molar-refractivity contribution in [2.24, 2.45) is 7.05 Å². The third-order valence-corrected chi connectivity index (χ3v) is 3.74. The Bertz CT molecular complexity index is 539. The zero-order valence-electron chi connectivity index (χ0n) is 11.1. The van der Waals surface area contributed by atoms with Crippen LogP contribution in [0.4, 0.5) is 0 Å². The van der Waals surface area contributed by atoms with E-state index in [0.717, 1.165) is 16.7 Å². The van der Waals surface area contributed by atoms with E-state index < -0.39 is 0 Å². The van der Waals surface area contributed by atoms with Gasteiger partial charge in [-0.05, 0) is 24.3 Å². The Morgan fingerprint density at radius 3 is 2.58 bits per heavy atom. The number of hydrogen-bond donors (Lipinski definition) is 0. The molecule has 0 unspecified atom stereocenters. The first-order valence-corrected chi connectivity index (χ1v) is 7.25. The topological polar surface area (TPSA) is 39.9 Å². The Kier molecular flexibility index (Phi) is 4.71. The van der Waals surface area contributed by atoms with Crippen LogP contribution in [0.15, 0.2) is 29.4 Å². The monoisotopic (exact) mass is 297 g/mol. The van der Waals surface area contributed by atoms with Crippen LogP contribution in [-0.4, -0.2) is 20.0 Å². The summed E-state index contributed by atoms with van der Waals surface area (Å²) in [5.74, 6) is 1.57. The highest BCUT2D eigenvalue weighted by molar-refractivity contribution is 7.99. The van der Waals surface area contributed by atoms with E-state index in [1.54, 1.807) is 23.9 Å². The van der Waals surface area contributed by atoms with Crippen molar-refractivity contribution < 1.29 is 4.74 Å². The maximum atomic E-state index is 5.82. The van der Waals surface area contributed by atoms with Gasteiger partial charge in [0.25, 0.3) is 0 Å². The zero-order chi connectivity index (χ0) is 13.8. The smallest absolute Gasteiger partial charge is 0.191 e. The van der Waals surface area contributed by atoms with Crippen LogP contribution >= 0.6 is 23.4 Å². The molecule has 0 saturated carbocycles. The van der Waals surface area contributed by atoms with Gasteiger partial charge in [-0.25, -0.2) is 0 Å². The summed E-state index contributed by atoms with van der Waals surface area (Å²) < 4.78 is 7.61. The minimum absolute atomic E-state index is 0.393. The van der Waals surface area contributed by atoms with Crippen molar-refractivity contribution in [1.29, 1.82) is 0 Å². The van der Waals surface area contributed by atoms with Gasteiger partial charge in [-0.3, -0.25) is 0 Å². The van der Waals surface area contributed by atoms with Gasteiger partial charge in [0.1, 0.15) is 12.4 Å². The van der Waals surface area contributed by atoms with Crippen LogP contribution in [-0.2, 0) is 13.7 Å². The minimum atomic E-state index is 0.393. The van der Waals surface area contributed by atoms with Gasteiger partial charge in [0.2, 0.25) is 0 Å². The van der Waals surface area contributed by atoms with Crippen LogP contribution in [0.1, 0.15) is 19.7 Å². The first kappa shape index (κ1) is 14.2. The van der Waals surface area contributed by atoms with E-state index in [-0.39, 0.29) is 0 Å². The number of hydrogen-bond acceptors (Lipinski definition) is 4. The van der Waals surface area contributed by atoms with Gasteiger partial charge in [0, 0.05) is 17.3 Å². The summed E-state index contributed by atoms with van der Waals surface area (Å²) in [5, 5.41) is 10.4. The number of rotatable bonds is 5. The van der Waals surface area contributed by atoms with E-state index in [2.05, 4.69) is 24.0 Å². The van der Waals surface area contributed by atoms with Gasteiger partial charge in [-0.2, -0.15) is 0 Å². The number of benzene rings is 1. The zero-order valence-corrected chi connectivity index (χ0v) is 12.7. The molecule has 0 fully saturated rings. The highest BCUT2D eigenvalue weighted by Gasteiger charge is 2.11. The lowest BCUT2D eigenvalue weighted by Gasteiger charge is -2.07. The predicted octanol–water partition coefficient (Wildman–Crippen LogP) is 3.55. The van der Waals surface area contributed by atoms with Crippen LogP contribution in [0.3, 0.4) is 0 Å². The fraction of sp³-hybridized carbons (Fsp3) is 0.385. The van der Waals surface area contributed by atoms with Gasteiger partial charge < -0.3 is 9.30 Å². The van der Waals surface area contributed by atoms with Gasteiger partial charge >= 0.3 is 0 Å². The Balaban J connectivity index is 2.00. The quantitative estimate of drug-likeness (QED) is 0.791. The van der Waals surface area contributed by atoms with Gasteiger partial charge in [-0.1, -0.05) is 37.2 Å². The molecule has 0 aliphatic heterocycles. The molecule has 0 N–H and O–H groups in total. The van der Waals surface area contributed by atoms with Crippen molar-refractivity contribution in [3.63, 3.8) is 0 Å². The van der Waals surface area contributed by atoms with Crippen LogP contribution in [0.25, 0.3) is 0 Å². The molecule has 102 valence electrons. The molecule has 0 saturated heterocycles. The highest BCUT2D eigenvalue weighted by Crippen LogP contribution is 2.21. The third-order valence-electron chi connectivity index (χ3n) is 2.45. The second-order valence-electron chi connectivity index (χ2n) is 4.37. The number of halogens is 1. The molecule has 2 aromatic rings. The van der Waals surface area contributed by atoms with E-state index >= 15 is 0 Å². The van der Waals surface area contributed by atoms with E-state index in [1.165, 1.54) is 0 Å². The lowest BCUT2D eigenvalue weighted by atomic mass is 10.3. The summed E-state index contributed by atoms with van der Waals surface area (Å²) in [6.45, 7) is 4.65.